The lowest BCUT2D eigenvalue weighted by atomic mass is 10.1. The minimum absolute atomic E-state index is 0.258. The van der Waals surface area contributed by atoms with Gasteiger partial charge in [0.15, 0.2) is 0 Å². The van der Waals surface area contributed by atoms with Gasteiger partial charge in [-0.05, 0) is 60.2 Å². The van der Waals surface area contributed by atoms with Crippen LogP contribution in [-0.2, 0) is 16.0 Å². The molecular formula is C24H22N2O3S. The third-order valence-corrected chi connectivity index (χ3v) is 5.89. The largest absolute Gasteiger partial charge is 0.497 e. The number of thiophene rings is 1. The van der Waals surface area contributed by atoms with Crippen molar-refractivity contribution in [1.82, 2.24) is 4.90 Å². The van der Waals surface area contributed by atoms with Gasteiger partial charge in [0.2, 0.25) is 0 Å². The molecule has 1 aliphatic rings. The van der Waals surface area contributed by atoms with Crippen molar-refractivity contribution in [3.05, 3.63) is 87.7 Å². The number of aryl methyl sites for hydroxylation is 1. The zero-order valence-electron chi connectivity index (χ0n) is 16.8. The van der Waals surface area contributed by atoms with Crippen molar-refractivity contribution >= 4 is 34.4 Å². The van der Waals surface area contributed by atoms with E-state index < -0.39 is 0 Å². The second kappa shape index (κ2) is 8.55. The van der Waals surface area contributed by atoms with Gasteiger partial charge in [-0.1, -0.05) is 30.3 Å². The Labute approximate surface area is 179 Å². The summed E-state index contributed by atoms with van der Waals surface area (Å²) < 4.78 is 5.18. The van der Waals surface area contributed by atoms with Gasteiger partial charge in [0.05, 0.1) is 12.7 Å². The molecule has 0 saturated heterocycles. The lowest BCUT2D eigenvalue weighted by Crippen LogP contribution is -2.34. The number of hydrogen-bond donors (Lipinski definition) is 1. The number of amides is 2. The fourth-order valence-corrected chi connectivity index (χ4v) is 4.21. The van der Waals surface area contributed by atoms with E-state index in [1.807, 2.05) is 73.0 Å². The molecule has 0 radical (unpaired) electrons. The highest BCUT2D eigenvalue weighted by Crippen LogP contribution is 2.33. The highest BCUT2D eigenvalue weighted by molar-refractivity contribution is 7.11. The van der Waals surface area contributed by atoms with Crippen molar-refractivity contribution in [2.75, 3.05) is 19.0 Å². The van der Waals surface area contributed by atoms with E-state index in [0.29, 0.717) is 24.2 Å². The Morgan fingerprint density at radius 1 is 1.00 bits per heavy atom. The van der Waals surface area contributed by atoms with Crippen LogP contribution in [0, 0.1) is 6.92 Å². The Balaban J connectivity index is 1.59. The van der Waals surface area contributed by atoms with E-state index in [1.54, 1.807) is 7.11 Å². The van der Waals surface area contributed by atoms with Crippen LogP contribution in [0.25, 0.3) is 5.57 Å². The van der Waals surface area contributed by atoms with Crippen molar-refractivity contribution in [2.45, 2.75) is 13.3 Å². The lowest BCUT2D eigenvalue weighted by molar-refractivity contribution is -0.136. The number of carbonyl (C=O) groups is 2. The Hall–Kier alpha value is -3.38. The number of hydrogen-bond acceptors (Lipinski definition) is 5. The predicted octanol–water partition coefficient (Wildman–Crippen LogP) is 4.50. The molecule has 5 nitrogen and oxygen atoms in total. The molecule has 6 heteroatoms. The molecule has 1 aliphatic heterocycles. The molecule has 0 spiro atoms. The van der Waals surface area contributed by atoms with Gasteiger partial charge in [0, 0.05) is 17.1 Å². The number of benzene rings is 2. The van der Waals surface area contributed by atoms with E-state index in [4.69, 9.17) is 4.74 Å². The molecule has 30 heavy (non-hydrogen) atoms. The van der Waals surface area contributed by atoms with Crippen LogP contribution < -0.4 is 10.1 Å². The van der Waals surface area contributed by atoms with Crippen LogP contribution in [0.4, 0.5) is 5.69 Å². The topological polar surface area (TPSA) is 58.6 Å². The highest BCUT2D eigenvalue weighted by Gasteiger charge is 2.39. The molecular weight excluding hydrogens is 396 g/mol. The summed E-state index contributed by atoms with van der Waals surface area (Å²) in [6.45, 7) is 2.31. The third-order valence-electron chi connectivity index (χ3n) is 5.01. The van der Waals surface area contributed by atoms with Crippen LogP contribution in [-0.4, -0.2) is 30.4 Å². The summed E-state index contributed by atoms with van der Waals surface area (Å²) in [5.41, 5.74) is 3.67. The summed E-state index contributed by atoms with van der Waals surface area (Å²) in [6.07, 6.45) is 0.580. The average Bonchev–Trinajstić information content (AvgIpc) is 3.35. The van der Waals surface area contributed by atoms with Crippen LogP contribution >= 0.6 is 11.3 Å². The van der Waals surface area contributed by atoms with Crippen LogP contribution in [0.1, 0.15) is 16.0 Å². The first-order valence-electron chi connectivity index (χ1n) is 9.68. The predicted molar refractivity (Wildman–Crippen MR) is 119 cm³/mol. The highest BCUT2D eigenvalue weighted by atomic mass is 32.1. The van der Waals surface area contributed by atoms with Crippen molar-refractivity contribution in [3.63, 3.8) is 0 Å². The molecule has 1 N–H and O–H groups in total. The van der Waals surface area contributed by atoms with E-state index in [2.05, 4.69) is 5.32 Å². The molecule has 3 aromatic rings. The van der Waals surface area contributed by atoms with Gasteiger partial charge >= 0.3 is 0 Å². The number of nitrogens with zero attached hydrogens (tertiary/aromatic N) is 1. The Morgan fingerprint density at radius 3 is 2.47 bits per heavy atom. The summed E-state index contributed by atoms with van der Waals surface area (Å²) in [4.78, 5) is 28.5. The van der Waals surface area contributed by atoms with Gasteiger partial charge in [0.1, 0.15) is 11.4 Å². The van der Waals surface area contributed by atoms with Crippen LogP contribution in [0.5, 0.6) is 5.75 Å². The molecule has 0 fully saturated rings. The fraction of sp³-hybridized carbons (Fsp3) is 0.167. The summed E-state index contributed by atoms with van der Waals surface area (Å²) in [5.74, 6) is 0.225. The minimum atomic E-state index is -0.293. The van der Waals surface area contributed by atoms with Crippen molar-refractivity contribution < 1.29 is 14.3 Å². The number of methoxy groups -OCH3 is 1. The van der Waals surface area contributed by atoms with E-state index >= 15 is 0 Å². The Bertz CT molecular complexity index is 1100. The molecule has 2 heterocycles. The summed E-state index contributed by atoms with van der Waals surface area (Å²) in [5, 5.41) is 5.11. The third kappa shape index (κ3) is 4.00. The number of ether oxygens (including phenoxy) is 1. The smallest absolute Gasteiger partial charge is 0.278 e. The monoisotopic (exact) mass is 418 g/mol. The zero-order chi connectivity index (χ0) is 21.1. The first kappa shape index (κ1) is 19.9. The molecule has 0 atom stereocenters. The number of nitrogens with one attached hydrogen (secondary N) is 1. The second-order valence-electron chi connectivity index (χ2n) is 7.08. The first-order valence-corrected chi connectivity index (χ1v) is 10.6. The molecule has 4 rings (SSSR count). The van der Waals surface area contributed by atoms with E-state index in [1.165, 1.54) is 16.2 Å². The van der Waals surface area contributed by atoms with Crippen molar-refractivity contribution in [2.24, 2.45) is 0 Å². The van der Waals surface area contributed by atoms with Crippen LogP contribution in [0.15, 0.2) is 71.7 Å². The Kier molecular flexibility index (Phi) is 5.68. The standard InChI is InChI=1S/C24H22N2O3S/c1-16-5-3-6-18(15-16)25-22-21(20-7-4-14-30-20)23(27)26(24(22)28)13-12-17-8-10-19(29-2)11-9-17/h3-11,14-15,25H,12-13H2,1-2H3. The average molecular weight is 419 g/mol. The maximum absolute atomic E-state index is 13.2. The van der Waals surface area contributed by atoms with E-state index in [9.17, 15) is 9.59 Å². The molecule has 0 saturated carbocycles. The molecule has 1 aromatic heterocycles. The number of anilines is 1. The number of rotatable bonds is 7. The van der Waals surface area contributed by atoms with Gasteiger partial charge in [-0.25, -0.2) is 0 Å². The molecule has 2 aromatic carbocycles. The van der Waals surface area contributed by atoms with Crippen molar-refractivity contribution in [3.8, 4) is 5.75 Å². The van der Waals surface area contributed by atoms with Crippen LogP contribution in [0.3, 0.4) is 0 Å². The van der Waals surface area contributed by atoms with Gasteiger partial charge in [-0.3, -0.25) is 14.5 Å². The lowest BCUT2D eigenvalue weighted by Gasteiger charge is -2.15. The molecule has 0 aliphatic carbocycles. The molecule has 0 unspecified atom stereocenters. The second-order valence-corrected chi connectivity index (χ2v) is 8.03. The fourth-order valence-electron chi connectivity index (χ4n) is 3.44. The molecule has 2 amide bonds. The zero-order valence-corrected chi connectivity index (χ0v) is 17.7. The Morgan fingerprint density at radius 2 is 1.80 bits per heavy atom. The van der Waals surface area contributed by atoms with Gasteiger partial charge in [0.25, 0.3) is 11.8 Å². The maximum Gasteiger partial charge on any atom is 0.278 e. The van der Waals surface area contributed by atoms with Gasteiger partial charge < -0.3 is 10.1 Å². The van der Waals surface area contributed by atoms with Crippen molar-refractivity contribution in [1.29, 1.82) is 0 Å². The minimum Gasteiger partial charge on any atom is -0.497 e. The quantitative estimate of drug-likeness (QED) is 0.574. The van der Waals surface area contributed by atoms with Gasteiger partial charge in [-0.2, -0.15) is 0 Å². The summed E-state index contributed by atoms with van der Waals surface area (Å²) in [7, 11) is 1.62. The van der Waals surface area contributed by atoms with E-state index in [0.717, 1.165) is 27.4 Å². The maximum atomic E-state index is 13.2. The normalized spacial score (nSPS) is 13.9. The summed E-state index contributed by atoms with van der Waals surface area (Å²) in [6, 6.07) is 19.2. The van der Waals surface area contributed by atoms with Gasteiger partial charge in [-0.15, -0.1) is 11.3 Å². The SMILES string of the molecule is COc1ccc(CCN2C(=O)C(Nc3cccc(C)c3)=C(c3cccs3)C2=O)cc1. The number of imide groups is 1. The van der Waals surface area contributed by atoms with E-state index in [-0.39, 0.29) is 11.8 Å². The van der Waals surface area contributed by atoms with Crippen LogP contribution in [0.2, 0.25) is 0 Å². The molecule has 152 valence electrons. The molecule has 0 bridgehead atoms. The first-order chi connectivity index (χ1) is 14.6. The number of carbonyl (C=O) groups excluding carboxylic acids is 2. The summed E-state index contributed by atoms with van der Waals surface area (Å²) >= 11 is 1.45.